The zero-order chi connectivity index (χ0) is 37.7. The Morgan fingerprint density at radius 2 is 0.607 bits per heavy atom. The molecule has 0 saturated heterocycles. The first kappa shape index (κ1) is 33.9. The molecule has 2 aromatic heterocycles. The topological polar surface area (TPSA) is 101 Å². The molecule has 56 heavy (non-hydrogen) atoms. The van der Waals surface area contributed by atoms with Gasteiger partial charge in [0.2, 0.25) is 0 Å². The van der Waals surface area contributed by atoms with Crippen LogP contribution in [-0.2, 0) is 0 Å². The number of nitrogens with zero attached hydrogens (tertiary/aromatic N) is 7. The van der Waals surface area contributed by atoms with E-state index in [-0.39, 0.29) is 0 Å². The highest BCUT2D eigenvalue weighted by Crippen LogP contribution is 2.40. The van der Waals surface area contributed by atoms with E-state index in [1.807, 2.05) is 170 Å². The van der Waals surface area contributed by atoms with Gasteiger partial charge in [0, 0.05) is 33.4 Å². The van der Waals surface area contributed by atoms with Crippen molar-refractivity contribution < 1.29 is 0 Å². The van der Waals surface area contributed by atoms with E-state index in [9.17, 15) is 5.26 Å². The van der Waals surface area contributed by atoms with Gasteiger partial charge in [-0.2, -0.15) is 5.26 Å². The van der Waals surface area contributed by atoms with Gasteiger partial charge in [0.25, 0.3) is 0 Å². The molecule has 0 unspecified atom stereocenters. The van der Waals surface area contributed by atoms with E-state index in [0.717, 1.165) is 55.6 Å². The number of hydrogen-bond acceptors (Lipinski definition) is 7. The van der Waals surface area contributed by atoms with Crippen molar-refractivity contribution in [1.29, 1.82) is 5.26 Å². The second-order valence-electron chi connectivity index (χ2n) is 13.0. The second kappa shape index (κ2) is 15.2. The van der Waals surface area contributed by atoms with Gasteiger partial charge in [-0.05, 0) is 34.4 Å². The molecule has 7 heteroatoms. The third-order valence-electron chi connectivity index (χ3n) is 9.48. The molecule has 0 bridgehead atoms. The predicted molar refractivity (Wildman–Crippen MR) is 221 cm³/mol. The summed E-state index contributed by atoms with van der Waals surface area (Å²) in [4.78, 5) is 30.3. The average molecular weight is 718 g/mol. The summed E-state index contributed by atoms with van der Waals surface area (Å²) in [6, 6.07) is 64.0. The molecule has 7 aromatic carbocycles. The highest BCUT2D eigenvalue weighted by molar-refractivity contribution is 5.92. The third-order valence-corrected chi connectivity index (χ3v) is 9.48. The van der Waals surface area contributed by atoms with Crippen LogP contribution in [0, 0.1) is 11.3 Å². The van der Waals surface area contributed by atoms with Crippen LogP contribution in [0.4, 0.5) is 0 Å². The number of aromatic nitrogens is 6. The second-order valence-corrected chi connectivity index (χ2v) is 13.0. The SMILES string of the molecule is N#Cc1ccccc1-c1ccc(-c2ccccc2-c2nc(-c3ccccc3)nc(-c3ccccc3)n2)c(-c2nc(-c3ccccc3)nc(-c3ccccc3)n2)c1. The minimum Gasteiger partial charge on any atom is -0.208 e. The molecule has 0 fully saturated rings. The van der Waals surface area contributed by atoms with Crippen molar-refractivity contribution in [1.82, 2.24) is 29.9 Å². The van der Waals surface area contributed by atoms with Crippen LogP contribution in [0.15, 0.2) is 188 Å². The van der Waals surface area contributed by atoms with Crippen molar-refractivity contribution >= 4 is 0 Å². The molecule has 9 aromatic rings. The van der Waals surface area contributed by atoms with E-state index in [2.05, 4.69) is 24.3 Å². The highest BCUT2D eigenvalue weighted by Gasteiger charge is 2.21. The fourth-order valence-corrected chi connectivity index (χ4v) is 6.74. The molecule has 0 spiro atoms. The third kappa shape index (κ3) is 6.82. The van der Waals surface area contributed by atoms with E-state index >= 15 is 0 Å². The van der Waals surface area contributed by atoms with Crippen LogP contribution >= 0.6 is 0 Å². The van der Waals surface area contributed by atoms with Gasteiger partial charge in [-0.3, -0.25) is 0 Å². The fourth-order valence-electron chi connectivity index (χ4n) is 6.74. The number of nitriles is 1. The van der Waals surface area contributed by atoms with Crippen LogP contribution < -0.4 is 0 Å². The predicted octanol–water partition coefficient (Wildman–Crippen LogP) is 11.3. The van der Waals surface area contributed by atoms with Crippen LogP contribution in [0.2, 0.25) is 0 Å². The van der Waals surface area contributed by atoms with Crippen LogP contribution in [0.25, 0.3) is 90.6 Å². The van der Waals surface area contributed by atoms with Gasteiger partial charge in [-0.1, -0.05) is 176 Å². The number of rotatable bonds is 8. The van der Waals surface area contributed by atoms with Crippen molar-refractivity contribution in [3.8, 4) is 96.7 Å². The smallest absolute Gasteiger partial charge is 0.164 e. The molecule has 0 N–H and O–H groups in total. The molecular formula is C49H31N7. The lowest BCUT2D eigenvalue weighted by molar-refractivity contribution is 1.07. The summed E-state index contributed by atoms with van der Waals surface area (Å²) >= 11 is 0. The maximum atomic E-state index is 10.1. The van der Waals surface area contributed by atoms with E-state index in [1.54, 1.807) is 0 Å². The zero-order valence-electron chi connectivity index (χ0n) is 30.0. The lowest BCUT2D eigenvalue weighted by atomic mass is 9.90. The number of benzene rings is 7. The van der Waals surface area contributed by atoms with Crippen molar-refractivity contribution in [3.05, 3.63) is 194 Å². The van der Waals surface area contributed by atoms with Gasteiger partial charge in [0.05, 0.1) is 11.6 Å². The summed E-state index contributed by atoms with van der Waals surface area (Å²) in [5, 5.41) is 10.1. The van der Waals surface area contributed by atoms with Crippen LogP contribution in [-0.4, -0.2) is 29.9 Å². The lowest BCUT2D eigenvalue weighted by Gasteiger charge is -2.17. The van der Waals surface area contributed by atoms with E-state index in [1.165, 1.54) is 0 Å². The summed E-state index contributed by atoms with van der Waals surface area (Å²) in [7, 11) is 0. The van der Waals surface area contributed by atoms with Gasteiger partial charge in [-0.25, -0.2) is 29.9 Å². The Kier molecular flexibility index (Phi) is 9.18. The monoisotopic (exact) mass is 717 g/mol. The average Bonchev–Trinajstić information content (AvgIpc) is 3.29. The van der Waals surface area contributed by atoms with Gasteiger partial charge in [0.1, 0.15) is 0 Å². The lowest BCUT2D eigenvalue weighted by Crippen LogP contribution is -2.03. The summed E-state index contributed by atoms with van der Waals surface area (Å²) in [5.74, 6) is 3.27. The van der Waals surface area contributed by atoms with Crippen LogP contribution in [0.1, 0.15) is 5.56 Å². The summed E-state index contributed by atoms with van der Waals surface area (Å²) < 4.78 is 0. The first-order chi connectivity index (χ1) is 27.7. The Morgan fingerprint density at radius 3 is 1.05 bits per heavy atom. The minimum atomic E-state index is 0.490. The van der Waals surface area contributed by atoms with E-state index < -0.39 is 0 Å². The molecular weight excluding hydrogens is 687 g/mol. The van der Waals surface area contributed by atoms with E-state index in [4.69, 9.17) is 29.9 Å². The molecule has 0 aliphatic heterocycles. The van der Waals surface area contributed by atoms with Crippen molar-refractivity contribution in [2.24, 2.45) is 0 Å². The van der Waals surface area contributed by atoms with E-state index in [0.29, 0.717) is 40.5 Å². The first-order valence-electron chi connectivity index (χ1n) is 18.2. The fraction of sp³-hybridized carbons (Fsp3) is 0. The standard InChI is InChI=1S/C49H31N7/c50-32-38-25-13-14-26-39(38)37-29-30-41(43(31-37)49-55-46(35-21-9-3-10-22-35)52-47(56-49)36-23-11-4-12-24-36)40-27-15-16-28-42(40)48-53-44(33-17-5-1-6-18-33)51-45(54-48)34-19-7-2-8-20-34/h1-31H. The molecule has 0 amide bonds. The maximum absolute atomic E-state index is 10.1. The number of hydrogen-bond donors (Lipinski definition) is 0. The Labute approximate surface area is 324 Å². The van der Waals surface area contributed by atoms with Gasteiger partial charge >= 0.3 is 0 Å². The summed E-state index contributed by atoms with van der Waals surface area (Å²) in [6.07, 6.45) is 0. The van der Waals surface area contributed by atoms with Crippen molar-refractivity contribution in [2.75, 3.05) is 0 Å². The van der Waals surface area contributed by atoms with Crippen LogP contribution in [0.5, 0.6) is 0 Å². The first-order valence-corrected chi connectivity index (χ1v) is 18.2. The quantitative estimate of drug-likeness (QED) is 0.154. The highest BCUT2D eigenvalue weighted by atomic mass is 15.0. The maximum Gasteiger partial charge on any atom is 0.164 e. The molecule has 0 saturated carbocycles. The Bertz CT molecular complexity index is 2740. The van der Waals surface area contributed by atoms with Gasteiger partial charge in [-0.15, -0.1) is 0 Å². The minimum absolute atomic E-state index is 0.490. The van der Waals surface area contributed by atoms with Gasteiger partial charge < -0.3 is 0 Å². The molecule has 0 aliphatic rings. The Hall–Kier alpha value is -7.95. The molecule has 7 nitrogen and oxygen atoms in total. The molecule has 0 radical (unpaired) electrons. The summed E-state index contributed by atoms with van der Waals surface area (Å²) in [6.45, 7) is 0. The van der Waals surface area contributed by atoms with Crippen molar-refractivity contribution in [2.45, 2.75) is 0 Å². The Morgan fingerprint density at radius 1 is 0.268 bits per heavy atom. The molecule has 9 rings (SSSR count). The Balaban J connectivity index is 1.30. The zero-order valence-corrected chi connectivity index (χ0v) is 30.0. The van der Waals surface area contributed by atoms with Gasteiger partial charge in [0.15, 0.2) is 34.9 Å². The van der Waals surface area contributed by atoms with Crippen LogP contribution in [0.3, 0.4) is 0 Å². The molecule has 0 atom stereocenters. The molecule has 0 aliphatic carbocycles. The summed E-state index contributed by atoms with van der Waals surface area (Å²) in [5.41, 5.74) is 9.09. The molecule has 262 valence electrons. The molecule has 2 heterocycles. The van der Waals surface area contributed by atoms with Crippen molar-refractivity contribution in [3.63, 3.8) is 0 Å². The normalized spacial score (nSPS) is 10.8. The largest absolute Gasteiger partial charge is 0.208 e.